The van der Waals surface area contributed by atoms with Gasteiger partial charge < -0.3 is 10.1 Å². The first kappa shape index (κ1) is 16.0. The Morgan fingerprint density at radius 2 is 1.75 bits per heavy atom. The van der Waals surface area contributed by atoms with Gasteiger partial charge in [-0.2, -0.15) is 0 Å². The molecule has 1 atom stereocenters. The third kappa shape index (κ3) is 3.71. The maximum Gasteiger partial charge on any atom is 0.265 e. The minimum Gasteiger partial charge on any atom is -0.481 e. The number of carbonyl (C=O) groups excluding carboxylic acids is 1. The molecule has 0 bridgehead atoms. The molecule has 24 heavy (non-hydrogen) atoms. The van der Waals surface area contributed by atoms with Gasteiger partial charge in [-0.3, -0.25) is 4.79 Å². The molecule has 3 aromatic rings. The van der Waals surface area contributed by atoms with Crippen LogP contribution < -0.4 is 10.1 Å². The number of ether oxygens (including phenoxy) is 1. The van der Waals surface area contributed by atoms with Crippen LogP contribution in [0.2, 0.25) is 0 Å². The van der Waals surface area contributed by atoms with Crippen molar-refractivity contribution in [1.29, 1.82) is 0 Å². The van der Waals surface area contributed by atoms with Crippen molar-refractivity contribution in [2.24, 2.45) is 0 Å². The van der Waals surface area contributed by atoms with Crippen LogP contribution >= 0.6 is 0 Å². The molecular formula is C20H18FNO2. The SMILES string of the molecule is CC[C@H](Oc1ccc(F)cc1)C(=O)Nc1ccc2ccccc2c1. The van der Waals surface area contributed by atoms with Crippen LogP contribution in [-0.2, 0) is 4.79 Å². The number of anilines is 1. The lowest BCUT2D eigenvalue weighted by atomic mass is 10.1. The highest BCUT2D eigenvalue weighted by atomic mass is 19.1. The lowest BCUT2D eigenvalue weighted by molar-refractivity contribution is -0.122. The molecule has 0 aromatic heterocycles. The second kappa shape index (κ2) is 7.13. The van der Waals surface area contributed by atoms with E-state index in [0.29, 0.717) is 12.2 Å². The molecule has 0 saturated carbocycles. The lowest BCUT2D eigenvalue weighted by Gasteiger charge is -2.17. The van der Waals surface area contributed by atoms with Crippen LogP contribution in [0.4, 0.5) is 10.1 Å². The van der Waals surface area contributed by atoms with Crippen LogP contribution in [0, 0.1) is 5.82 Å². The normalized spacial score (nSPS) is 11.9. The maximum absolute atomic E-state index is 12.9. The molecule has 0 aliphatic heterocycles. The summed E-state index contributed by atoms with van der Waals surface area (Å²) in [6, 6.07) is 19.4. The zero-order valence-corrected chi connectivity index (χ0v) is 13.3. The molecule has 4 heteroatoms. The third-order valence-corrected chi connectivity index (χ3v) is 3.77. The minimum absolute atomic E-state index is 0.225. The molecule has 0 aliphatic carbocycles. The summed E-state index contributed by atoms with van der Waals surface area (Å²) < 4.78 is 18.6. The van der Waals surface area contributed by atoms with Crippen molar-refractivity contribution in [2.45, 2.75) is 19.4 Å². The third-order valence-electron chi connectivity index (χ3n) is 3.77. The van der Waals surface area contributed by atoms with E-state index >= 15 is 0 Å². The number of nitrogens with one attached hydrogen (secondary N) is 1. The fourth-order valence-electron chi connectivity index (χ4n) is 2.49. The van der Waals surface area contributed by atoms with Gasteiger partial charge in [0.25, 0.3) is 5.91 Å². The van der Waals surface area contributed by atoms with E-state index in [2.05, 4.69) is 5.32 Å². The van der Waals surface area contributed by atoms with Gasteiger partial charge in [0.1, 0.15) is 11.6 Å². The summed E-state index contributed by atoms with van der Waals surface area (Å²) in [4.78, 5) is 12.4. The van der Waals surface area contributed by atoms with Crippen LogP contribution in [0.1, 0.15) is 13.3 Å². The number of amides is 1. The van der Waals surface area contributed by atoms with Crippen LogP contribution in [0.25, 0.3) is 10.8 Å². The molecule has 3 rings (SSSR count). The van der Waals surface area contributed by atoms with Crippen LogP contribution in [-0.4, -0.2) is 12.0 Å². The van der Waals surface area contributed by atoms with E-state index in [0.717, 1.165) is 16.5 Å². The van der Waals surface area contributed by atoms with Crippen molar-refractivity contribution in [2.75, 3.05) is 5.32 Å². The molecule has 3 nitrogen and oxygen atoms in total. The first-order valence-corrected chi connectivity index (χ1v) is 7.87. The number of carbonyl (C=O) groups is 1. The van der Waals surface area contributed by atoms with Gasteiger partial charge in [0.15, 0.2) is 6.10 Å². The first-order chi connectivity index (χ1) is 11.7. The fraction of sp³-hybridized carbons (Fsp3) is 0.150. The number of rotatable bonds is 5. The van der Waals surface area contributed by atoms with E-state index in [-0.39, 0.29) is 11.7 Å². The second-order valence-electron chi connectivity index (χ2n) is 5.52. The summed E-state index contributed by atoms with van der Waals surface area (Å²) in [6.45, 7) is 1.87. The summed E-state index contributed by atoms with van der Waals surface area (Å²) in [5.41, 5.74) is 0.722. The van der Waals surface area contributed by atoms with Gasteiger partial charge in [0.2, 0.25) is 0 Å². The number of hydrogen-bond acceptors (Lipinski definition) is 2. The summed E-state index contributed by atoms with van der Waals surface area (Å²) in [5.74, 6) is -0.0926. The smallest absolute Gasteiger partial charge is 0.265 e. The van der Waals surface area contributed by atoms with Gasteiger partial charge in [-0.15, -0.1) is 0 Å². The predicted molar refractivity (Wildman–Crippen MR) is 93.7 cm³/mol. The average Bonchev–Trinajstić information content (AvgIpc) is 2.61. The average molecular weight is 323 g/mol. The van der Waals surface area contributed by atoms with Gasteiger partial charge in [-0.1, -0.05) is 37.3 Å². The number of benzene rings is 3. The Hall–Kier alpha value is -2.88. The minimum atomic E-state index is -0.637. The number of halogens is 1. The number of fused-ring (bicyclic) bond motifs is 1. The molecule has 0 radical (unpaired) electrons. The van der Waals surface area contributed by atoms with Gasteiger partial charge in [-0.25, -0.2) is 4.39 Å². The molecule has 0 aliphatic rings. The summed E-state index contributed by atoms with van der Waals surface area (Å²) in [5, 5.41) is 5.05. The molecule has 0 heterocycles. The van der Waals surface area contributed by atoms with Gasteiger partial charge in [0, 0.05) is 5.69 Å². The molecule has 1 N–H and O–H groups in total. The first-order valence-electron chi connectivity index (χ1n) is 7.87. The Balaban J connectivity index is 1.72. The van der Waals surface area contributed by atoms with E-state index in [1.807, 2.05) is 49.4 Å². The van der Waals surface area contributed by atoms with Crippen molar-refractivity contribution >= 4 is 22.4 Å². The fourth-order valence-corrected chi connectivity index (χ4v) is 2.49. The van der Waals surface area contributed by atoms with Crippen molar-refractivity contribution in [3.8, 4) is 5.75 Å². The Morgan fingerprint density at radius 3 is 2.46 bits per heavy atom. The maximum atomic E-state index is 12.9. The standard InChI is InChI=1S/C20H18FNO2/c1-2-19(24-18-11-8-16(21)9-12-18)20(23)22-17-10-7-14-5-3-4-6-15(14)13-17/h3-13,19H,2H2,1H3,(H,22,23)/t19-/m0/s1. The van der Waals surface area contributed by atoms with Crippen LogP contribution in [0.15, 0.2) is 66.7 Å². The Bertz CT molecular complexity index is 846. The number of hydrogen-bond donors (Lipinski definition) is 1. The van der Waals surface area contributed by atoms with Gasteiger partial charge >= 0.3 is 0 Å². The van der Waals surface area contributed by atoms with Crippen LogP contribution in [0.3, 0.4) is 0 Å². The lowest BCUT2D eigenvalue weighted by Crippen LogP contribution is -2.32. The molecular weight excluding hydrogens is 305 g/mol. The molecule has 0 unspecified atom stereocenters. The monoisotopic (exact) mass is 323 g/mol. The highest BCUT2D eigenvalue weighted by molar-refractivity contribution is 5.96. The van der Waals surface area contributed by atoms with Gasteiger partial charge in [0.05, 0.1) is 0 Å². The molecule has 0 spiro atoms. The van der Waals surface area contributed by atoms with E-state index in [1.54, 1.807) is 0 Å². The van der Waals surface area contributed by atoms with Crippen molar-refractivity contribution < 1.29 is 13.9 Å². The summed E-state index contributed by atoms with van der Waals surface area (Å²) in [7, 11) is 0. The van der Waals surface area contributed by atoms with E-state index in [4.69, 9.17) is 4.74 Å². The van der Waals surface area contributed by atoms with E-state index < -0.39 is 6.10 Å². The Kier molecular flexibility index (Phi) is 4.75. The van der Waals surface area contributed by atoms with E-state index in [1.165, 1.54) is 24.3 Å². The van der Waals surface area contributed by atoms with Crippen LogP contribution in [0.5, 0.6) is 5.75 Å². The highest BCUT2D eigenvalue weighted by Crippen LogP contribution is 2.20. The largest absolute Gasteiger partial charge is 0.481 e. The predicted octanol–water partition coefficient (Wildman–Crippen LogP) is 4.78. The van der Waals surface area contributed by atoms with Crippen molar-refractivity contribution in [3.05, 3.63) is 72.5 Å². The highest BCUT2D eigenvalue weighted by Gasteiger charge is 2.18. The molecule has 1 amide bonds. The molecule has 122 valence electrons. The topological polar surface area (TPSA) is 38.3 Å². The second-order valence-corrected chi connectivity index (χ2v) is 5.52. The Labute approximate surface area is 140 Å². The van der Waals surface area contributed by atoms with Crippen molar-refractivity contribution in [3.63, 3.8) is 0 Å². The zero-order chi connectivity index (χ0) is 16.9. The zero-order valence-electron chi connectivity index (χ0n) is 13.3. The quantitative estimate of drug-likeness (QED) is 0.734. The summed E-state index contributed by atoms with van der Waals surface area (Å²) in [6.07, 6.45) is -0.126. The molecule has 0 saturated heterocycles. The molecule has 3 aromatic carbocycles. The molecule has 0 fully saturated rings. The Morgan fingerprint density at radius 1 is 1.04 bits per heavy atom. The van der Waals surface area contributed by atoms with Gasteiger partial charge in [-0.05, 0) is 53.6 Å². The van der Waals surface area contributed by atoms with Crippen molar-refractivity contribution in [1.82, 2.24) is 0 Å². The summed E-state index contributed by atoms with van der Waals surface area (Å²) >= 11 is 0. The van der Waals surface area contributed by atoms with E-state index in [9.17, 15) is 9.18 Å².